The molecular formula is C12H13N5S. The lowest BCUT2D eigenvalue weighted by atomic mass is 10.3. The number of aryl methyl sites for hydroxylation is 1. The summed E-state index contributed by atoms with van der Waals surface area (Å²) in [6.07, 6.45) is 3.46. The molecular weight excluding hydrogens is 246 g/mol. The number of rotatable bonds is 3. The molecule has 0 bridgehead atoms. The molecule has 2 N–H and O–H groups in total. The van der Waals surface area contributed by atoms with E-state index in [1.165, 1.54) is 0 Å². The Morgan fingerprint density at radius 3 is 2.78 bits per heavy atom. The predicted molar refractivity (Wildman–Crippen MR) is 75.0 cm³/mol. The molecule has 0 saturated carbocycles. The van der Waals surface area contributed by atoms with Gasteiger partial charge in [0, 0.05) is 18.9 Å². The van der Waals surface area contributed by atoms with Crippen LogP contribution in [0.5, 0.6) is 0 Å². The summed E-state index contributed by atoms with van der Waals surface area (Å²) < 4.78 is 0. The van der Waals surface area contributed by atoms with Crippen molar-refractivity contribution in [1.29, 1.82) is 0 Å². The highest BCUT2D eigenvalue weighted by Gasteiger charge is 2.10. The summed E-state index contributed by atoms with van der Waals surface area (Å²) in [5, 5.41) is 0. The van der Waals surface area contributed by atoms with Gasteiger partial charge >= 0.3 is 0 Å². The molecule has 0 atom stereocenters. The van der Waals surface area contributed by atoms with E-state index in [0.717, 1.165) is 11.4 Å². The van der Waals surface area contributed by atoms with Crippen LogP contribution in [0.3, 0.4) is 0 Å². The molecule has 0 radical (unpaired) electrons. The van der Waals surface area contributed by atoms with Crippen molar-refractivity contribution in [2.24, 2.45) is 5.73 Å². The van der Waals surface area contributed by atoms with Gasteiger partial charge in [-0.3, -0.25) is 4.98 Å². The summed E-state index contributed by atoms with van der Waals surface area (Å²) in [6, 6.07) is 5.55. The maximum absolute atomic E-state index is 5.60. The van der Waals surface area contributed by atoms with Crippen LogP contribution in [0.15, 0.2) is 30.6 Å². The van der Waals surface area contributed by atoms with Gasteiger partial charge in [0.05, 0.1) is 11.9 Å². The number of nitrogens with two attached hydrogens (primary N) is 1. The average Bonchev–Trinajstić information content (AvgIpc) is 2.38. The number of thiocarbonyl (C=S) groups is 1. The van der Waals surface area contributed by atoms with Gasteiger partial charge in [-0.1, -0.05) is 12.2 Å². The summed E-state index contributed by atoms with van der Waals surface area (Å²) in [5.41, 5.74) is 7.89. The number of nitrogens with zero attached hydrogens (tertiary/aromatic N) is 4. The first-order valence-corrected chi connectivity index (χ1v) is 5.78. The molecule has 6 heteroatoms. The summed E-state index contributed by atoms with van der Waals surface area (Å²) in [7, 11) is 1.87. The second-order valence-electron chi connectivity index (χ2n) is 3.83. The average molecular weight is 259 g/mol. The van der Waals surface area contributed by atoms with E-state index in [1.807, 2.05) is 31.0 Å². The van der Waals surface area contributed by atoms with Crippen molar-refractivity contribution >= 4 is 28.8 Å². The Kier molecular flexibility index (Phi) is 3.47. The molecule has 2 aromatic heterocycles. The minimum atomic E-state index is 0.265. The van der Waals surface area contributed by atoms with E-state index in [-0.39, 0.29) is 4.99 Å². The van der Waals surface area contributed by atoms with Crippen LogP contribution in [0.1, 0.15) is 11.4 Å². The van der Waals surface area contributed by atoms with Gasteiger partial charge in [-0.2, -0.15) is 0 Å². The van der Waals surface area contributed by atoms with Crippen LogP contribution < -0.4 is 10.6 Å². The number of hydrogen-bond acceptors (Lipinski definition) is 5. The van der Waals surface area contributed by atoms with Crippen molar-refractivity contribution in [3.8, 4) is 0 Å². The summed E-state index contributed by atoms with van der Waals surface area (Å²) in [5.74, 6) is 0.547. The van der Waals surface area contributed by atoms with Gasteiger partial charge in [0.25, 0.3) is 0 Å². The smallest absolute Gasteiger partial charge is 0.230 e. The minimum Gasteiger partial charge on any atom is -0.388 e. The lowest BCUT2D eigenvalue weighted by Crippen LogP contribution is -2.18. The van der Waals surface area contributed by atoms with Crippen molar-refractivity contribution < 1.29 is 0 Å². The minimum absolute atomic E-state index is 0.265. The Hall–Kier alpha value is -2.08. The van der Waals surface area contributed by atoms with Crippen LogP contribution in [0.25, 0.3) is 0 Å². The molecule has 92 valence electrons. The standard InChI is InChI=1S/C12H13N5S/c1-8-6-10(11(13)18)16-12(15-8)17(2)9-4-3-5-14-7-9/h3-7H,1-2H3,(H2,13,18). The molecule has 0 fully saturated rings. The van der Waals surface area contributed by atoms with Crippen molar-refractivity contribution in [3.05, 3.63) is 42.0 Å². The molecule has 2 heterocycles. The van der Waals surface area contributed by atoms with Crippen LogP contribution >= 0.6 is 12.2 Å². The summed E-state index contributed by atoms with van der Waals surface area (Å²) in [4.78, 5) is 14.9. The molecule has 0 aromatic carbocycles. The highest BCUT2D eigenvalue weighted by Crippen LogP contribution is 2.19. The fourth-order valence-electron chi connectivity index (χ4n) is 1.50. The van der Waals surface area contributed by atoms with Gasteiger partial charge < -0.3 is 10.6 Å². The largest absolute Gasteiger partial charge is 0.388 e. The zero-order chi connectivity index (χ0) is 13.1. The highest BCUT2D eigenvalue weighted by atomic mass is 32.1. The van der Waals surface area contributed by atoms with Crippen molar-refractivity contribution in [3.63, 3.8) is 0 Å². The normalized spacial score (nSPS) is 10.1. The van der Waals surface area contributed by atoms with E-state index in [0.29, 0.717) is 11.6 Å². The number of pyridine rings is 1. The molecule has 0 unspecified atom stereocenters. The van der Waals surface area contributed by atoms with Gasteiger partial charge in [-0.05, 0) is 25.1 Å². The van der Waals surface area contributed by atoms with Crippen LogP contribution in [-0.4, -0.2) is 27.0 Å². The topological polar surface area (TPSA) is 67.9 Å². The molecule has 2 aromatic rings. The molecule has 0 aliphatic rings. The fraction of sp³-hybridized carbons (Fsp3) is 0.167. The number of anilines is 2. The lowest BCUT2D eigenvalue weighted by molar-refractivity contribution is 1.00. The molecule has 0 amide bonds. The van der Waals surface area contributed by atoms with E-state index >= 15 is 0 Å². The first-order chi connectivity index (χ1) is 8.58. The third-order valence-corrected chi connectivity index (χ3v) is 2.64. The van der Waals surface area contributed by atoms with E-state index in [4.69, 9.17) is 18.0 Å². The Morgan fingerprint density at radius 2 is 2.17 bits per heavy atom. The Labute approximate surface area is 111 Å². The molecule has 0 spiro atoms. The highest BCUT2D eigenvalue weighted by molar-refractivity contribution is 7.80. The van der Waals surface area contributed by atoms with Gasteiger partial charge in [0.1, 0.15) is 10.7 Å². The van der Waals surface area contributed by atoms with E-state index < -0.39 is 0 Å². The lowest BCUT2D eigenvalue weighted by Gasteiger charge is -2.17. The van der Waals surface area contributed by atoms with Crippen LogP contribution in [-0.2, 0) is 0 Å². The first-order valence-electron chi connectivity index (χ1n) is 5.37. The van der Waals surface area contributed by atoms with Crippen LogP contribution in [0, 0.1) is 6.92 Å². The van der Waals surface area contributed by atoms with Gasteiger partial charge in [0.2, 0.25) is 5.95 Å². The van der Waals surface area contributed by atoms with E-state index in [1.54, 1.807) is 18.5 Å². The van der Waals surface area contributed by atoms with Crippen LogP contribution in [0.2, 0.25) is 0 Å². The summed E-state index contributed by atoms with van der Waals surface area (Å²) >= 11 is 4.94. The molecule has 18 heavy (non-hydrogen) atoms. The van der Waals surface area contributed by atoms with Crippen molar-refractivity contribution in [1.82, 2.24) is 15.0 Å². The maximum atomic E-state index is 5.60. The van der Waals surface area contributed by atoms with Gasteiger partial charge in [-0.15, -0.1) is 0 Å². The summed E-state index contributed by atoms with van der Waals surface area (Å²) in [6.45, 7) is 1.88. The second-order valence-corrected chi connectivity index (χ2v) is 4.27. The number of aromatic nitrogens is 3. The van der Waals surface area contributed by atoms with Gasteiger partial charge in [0.15, 0.2) is 0 Å². The Bertz CT molecular complexity index is 570. The predicted octanol–water partition coefficient (Wildman–Crippen LogP) is 1.58. The van der Waals surface area contributed by atoms with Crippen molar-refractivity contribution in [2.75, 3.05) is 11.9 Å². The van der Waals surface area contributed by atoms with Crippen LogP contribution in [0.4, 0.5) is 11.6 Å². The first kappa shape index (κ1) is 12.4. The third-order valence-electron chi connectivity index (χ3n) is 2.43. The molecule has 5 nitrogen and oxygen atoms in total. The molecule has 0 aliphatic heterocycles. The monoisotopic (exact) mass is 259 g/mol. The Morgan fingerprint density at radius 1 is 1.39 bits per heavy atom. The Balaban J connectivity index is 2.42. The molecule has 0 aliphatic carbocycles. The van der Waals surface area contributed by atoms with E-state index in [2.05, 4.69) is 15.0 Å². The maximum Gasteiger partial charge on any atom is 0.230 e. The zero-order valence-corrected chi connectivity index (χ0v) is 11.0. The second kappa shape index (κ2) is 5.05. The van der Waals surface area contributed by atoms with Crippen molar-refractivity contribution in [2.45, 2.75) is 6.92 Å². The number of hydrogen-bond donors (Lipinski definition) is 1. The van der Waals surface area contributed by atoms with E-state index in [9.17, 15) is 0 Å². The zero-order valence-electron chi connectivity index (χ0n) is 10.2. The third kappa shape index (κ3) is 2.60. The van der Waals surface area contributed by atoms with Gasteiger partial charge in [-0.25, -0.2) is 9.97 Å². The fourth-order valence-corrected chi connectivity index (χ4v) is 1.60. The molecule has 0 saturated heterocycles. The molecule has 2 rings (SSSR count). The quantitative estimate of drug-likeness (QED) is 0.844. The SMILES string of the molecule is Cc1cc(C(N)=S)nc(N(C)c2cccnc2)n1.